The minimum Gasteiger partial charge on any atom is -0.481 e. The van der Waals surface area contributed by atoms with E-state index in [4.69, 9.17) is 0 Å². The van der Waals surface area contributed by atoms with E-state index in [2.05, 4.69) is 10.1 Å². The molecule has 1 aliphatic rings. The molecule has 0 amide bonds. The molecular weight excluding hydrogens is 318 g/mol. The van der Waals surface area contributed by atoms with Crippen molar-refractivity contribution >= 4 is 17.6 Å². The van der Waals surface area contributed by atoms with Crippen LogP contribution < -0.4 is 5.32 Å². The quantitative estimate of drug-likeness (QED) is 0.787. The number of rotatable bonds is 6. The van der Waals surface area contributed by atoms with Crippen LogP contribution >= 0.6 is 0 Å². The number of ether oxygens (including phenoxy) is 1. The fraction of sp³-hybridized carbons (Fsp3) is 0.300. The predicted octanol–water partition coefficient (Wildman–Crippen LogP) is 3.59. The molecule has 1 fully saturated rings. The Morgan fingerprint density at radius 3 is 2.20 bits per heavy atom. The largest absolute Gasteiger partial charge is 0.481 e. The highest BCUT2D eigenvalue weighted by Gasteiger charge is 2.45. The van der Waals surface area contributed by atoms with Gasteiger partial charge in [0.25, 0.3) is 0 Å². The maximum absolute atomic E-state index is 11.5. The molecule has 0 unspecified atom stereocenters. The molecule has 2 aromatic carbocycles. The summed E-state index contributed by atoms with van der Waals surface area (Å²) in [5, 5.41) is 12.8. The molecule has 1 saturated carbocycles. The maximum atomic E-state index is 11.5. The third-order valence-corrected chi connectivity index (χ3v) is 4.93. The first kappa shape index (κ1) is 17.0. The van der Waals surface area contributed by atoms with Gasteiger partial charge in [0.15, 0.2) is 0 Å². The van der Waals surface area contributed by atoms with E-state index in [0.717, 1.165) is 23.2 Å². The first-order chi connectivity index (χ1) is 12.0. The molecule has 0 aromatic heterocycles. The number of benzene rings is 2. The Bertz CT molecular complexity index is 761. The van der Waals surface area contributed by atoms with Gasteiger partial charge in [0.2, 0.25) is 0 Å². The van der Waals surface area contributed by atoms with Crippen molar-refractivity contribution in [1.82, 2.24) is 0 Å². The summed E-state index contributed by atoms with van der Waals surface area (Å²) in [6.45, 7) is 0.616. The lowest BCUT2D eigenvalue weighted by Gasteiger charge is -2.38. The number of hydrogen-bond donors (Lipinski definition) is 2. The van der Waals surface area contributed by atoms with Gasteiger partial charge in [-0.2, -0.15) is 0 Å². The molecule has 0 bridgehead atoms. The monoisotopic (exact) mass is 339 g/mol. The molecule has 2 N–H and O–H groups in total. The third kappa shape index (κ3) is 3.36. The molecule has 0 saturated heterocycles. The van der Waals surface area contributed by atoms with Gasteiger partial charge in [0, 0.05) is 12.2 Å². The van der Waals surface area contributed by atoms with Crippen molar-refractivity contribution in [2.75, 3.05) is 12.4 Å². The summed E-state index contributed by atoms with van der Waals surface area (Å²) in [6, 6.07) is 14.9. The zero-order valence-corrected chi connectivity index (χ0v) is 14.1. The van der Waals surface area contributed by atoms with Gasteiger partial charge in [-0.1, -0.05) is 30.7 Å². The van der Waals surface area contributed by atoms with Crippen molar-refractivity contribution in [3.05, 3.63) is 65.2 Å². The molecule has 1 aliphatic carbocycles. The van der Waals surface area contributed by atoms with Crippen molar-refractivity contribution in [3.8, 4) is 0 Å². The SMILES string of the molecule is COC(=O)c1ccc(CNc2ccc(C3(C(=O)O)CCC3)cc2)cc1. The topological polar surface area (TPSA) is 75.6 Å². The zero-order valence-electron chi connectivity index (χ0n) is 14.1. The van der Waals surface area contributed by atoms with Gasteiger partial charge in [-0.05, 0) is 48.2 Å². The number of methoxy groups -OCH3 is 1. The smallest absolute Gasteiger partial charge is 0.337 e. The first-order valence-electron chi connectivity index (χ1n) is 8.30. The summed E-state index contributed by atoms with van der Waals surface area (Å²) in [4.78, 5) is 23.0. The second-order valence-corrected chi connectivity index (χ2v) is 6.36. The summed E-state index contributed by atoms with van der Waals surface area (Å²) < 4.78 is 4.68. The number of carbonyl (C=O) groups excluding carboxylic acids is 1. The van der Waals surface area contributed by atoms with Gasteiger partial charge >= 0.3 is 11.9 Å². The number of hydrogen-bond acceptors (Lipinski definition) is 4. The normalized spacial score (nSPS) is 15.1. The van der Waals surface area contributed by atoms with Crippen LogP contribution in [-0.4, -0.2) is 24.2 Å². The van der Waals surface area contributed by atoms with E-state index in [9.17, 15) is 14.7 Å². The number of nitrogens with one attached hydrogen (secondary N) is 1. The number of carbonyl (C=O) groups is 2. The molecular formula is C20H21NO4. The number of aliphatic carboxylic acids is 1. The van der Waals surface area contributed by atoms with Crippen LogP contribution in [0.25, 0.3) is 0 Å². The molecule has 0 atom stereocenters. The van der Waals surface area contributed by atoms with E-state index in [1.807, 2.05) is 36.4 Å². The Morgan fingerprint density at radius 2 is 1.72 bits per heavy atom. The van der Waals surface area contributed by atoms with Crippen molar-refractivity contribution in [2.24, 2.45) is 0 Å². The van der Waals surface area contributed by atoms with Crippen LogP contribution in [0.1, 0.15) is 40.7 Å². The number of carboxylic acids is 1. The molecule has 0 aliphatic heterocycles. The minimum atomic E-state index is -0.731. The molecule has 5 heteroatoms. The molecule has 25 heavy (non-hydrogen) atoms. The van der Waals surface area contributed by atoms with Gasteiger partial charge in [-0.15, -0.1) is 0 Å². The summed E-state index contributed by atoms with van der Waals surface area (Å²) in [5.74, 6) is -1.08. The van der Waals surface area contributed by atoms with Gasteiger partial charge in [-0.25, -0.2) is 4.79 Å². The van der Waals surface area contributed by atoms with Crippen molar-refractivity contribution in [2.45, 2.75) is 31.2 Å². The van der Waals surface area contributed by atoms with Crippen LogP contribution in [0.15, 0.2) is 48.5 Å². The zero-order chi connectivity index (χ0) is 17.9. The number of esters is 1. The Balaban J connectivity index is 1.62. The summed E-state index contributed by atoms with van der Waals surface area (Å²) >= 11 is 0. The fourth-order valence-electron chi connectivity index (χ4n) is 3.14. The van der Waals surface area contributed by atoms with E-state index in [1.54, 1.807) is 12.1 Å². The molecule has 3 rings (SSSR count). The highest BCUT2D eigenvalue weighted by atomic mass is 16.5. The van der Waals surface area contributed by atoms with E-state index in [-0.39, 0.29) is 5.97 Å². The lowest BCUT2D eigenvalue weighted by atomic mass is 9.64. The summed E-state index contributed by atoms with van der Waals surface area (Å²) in [7, 11) is 1.36. The Labute approximate surface area is 146 Å². The average Bonchev–Trinajstić information content (AvgIpc) is 2.59. The molecule has 5 nitrogen and oxygen atoms in total. The Morgan fingerprint density at radius 1 is 1.08 bits per heavy atom. The van der Waals surface area contributed by atoms with Crippen LogP contribution in [0.2, 0.25) is 0 Å². The lowest BCUT2D eigenvalue weighted by Crippen LogP contribution is -2.42. The Hall–Kier alpha value is -2.82. The van der Waals surface area contributed by atoms with Crippen LogP contribution in [0.5, 0.6) is 0 Å². The van der Waals surface area contributed by atoms with Crippen LogP contribution in [-0.2, 0) is 21.5 Å². The predicted molar refractivity (Wildman–Crippen MR) is 94.7 cm³/mol. The van der Waals surface area contributed by atoms with E-state index < -0.39 is 11.4 Å². The van der Waals surface area contributed by atoms with E-state index in [0.29, 0.717) is 24.9 Å². The van der Waals surface area contributed by atoms with E-state index in [1.165, 1.54) is 7.11 Å². The van der Waals surface area contributed by atoms with Crippen LogP contribution in [0, 0.1) is 0 Å². The summed E-state index contributed by atoms with van der Waals surface area (Å²) in [5.41, 5.74) is 2.68. The highest BCUT2D eigenvalue weighted by Crippen LogP contribution is 2.44. The molecule has 0 radical (unpaired) electrons. The molecule has 0 heterocycles. The molecule has 0 spiro atoms. The van der Waals surface area contributed by atoms with Gasteiger partial charge in [0.05, 0.1) is 18.1 Å². The van der Waals surface area contributed by atoms with Gasteiger partial charge in [0.1, 0.15) is 0 Å². The molecule has 130 valence electrons. The molecule has 2 aromatic rings. The van der Waals surface area contributed by atoms with Crippen LogP contribution in [0.3, 0.4) is 0 Å². The average molecular weight is 339 g/mol. The van der Waals surface area contributed by atoms with Crippen molar-refractivity contribution < 1.29 is 19.4 Å². The van der Waals surface area contributed by atoms with Crippen LogP contribution in [0.4, 0.5) is 5.69 Å². The van der Waals surface area contributed by atoms with Crippen molar-refractivity contribution in [3.63, 3.8) is 0 Å². The maximum Gasteiger partial charge on any atom is 0.337 e. The fourth-order valence-corrected chi connectivity index (χ4v) is 3.14. The van der Waals surface area contributed by atoms with E-state index >= 15 is 0 Å². The Kier molecular flexibility index (Phi) is 4.74. The van der Waals surface area contributed by atoms with Gasteiger partial charge < -0.3 is 15.2 Å². The number of carboxylic acid groups (broad SMARTS) is 1. The highest BCUT2D eigenvalue weighted by molar-refractivity contribution is 5.89. The second-order valence-electron chi connectivity index (χ2n) is 6.36. The lowest BCUT2D eigenvalue weighted by molar-refractivity contribution is -0.147. The second kappa shape index (κ2) is 6.97. The summed E-state index contributed by atoms with van der Waals surface area (Å²) in [6.07, 6.45) is 2.39. The van der Waals surface area contributed by atoms with Crippen molar-refractivity contribution in [1.29, 1.82) is 0 Å². The minimum absolute atomic E-state index is 0.349. The first-order valence-corrected chi connectivity index (χ1v) is 8.30. The van der Waals surface area contributed by atoms with Gasteiger partial charge in [-0.3, -0.25) is 4.79 Å². The third-order valence-electron chi connectivity index (χ3n) is 4.93. The number of anilines is 1. The standard InChI is InChI=1S/C20H21NO4/c1-25-18(22)15-5-3-14(4-6-15)13-21-17-9-7-16(8-10-17)20(19(23)24)11-2-12-20/h3-10,21H,2,11-13H2,1H3,(H,23,24).